The van der Waals surface area contributed by atoms with Crippen LogP contribution in [-0.4, -0.2) is 39.5 Å². The highest BCUT2D eigenvalue weighted by Gasteiger charge is 2.47. The molecule has 108 valence electrons. The number of fused-ring (bicyclic) bond motifs is 1. The van der Waals surface area contributed by atoms with Gasteiger partial charge in [0.2, 0.25) is 5.91 Å². The van der Waals surface area contributed by atoms with Crippen LogP contribution in [0.25, 0.3) is 0 Å². The van der Waals surface area contributed by atoms with E-state index < -0.39 is 17.6 Å². The molecule has 0 aromatic rings. The largest absolute Gasteiger partial charge is 0.480 e. The maximum Gasteiger partial charge on any atom is 0.326 e. The number of carboxylic acids is 1. The minimum Gasteiger partial charge on any atom is -0.480 e. The van der Waals surface area contributed by atoms with E-state index in [1.165, 1.54) is 0 Å². The summed E-state index contributed by atoms with van der Waals surface area (Å²) in [6.07, 6.45) is 5.04. The van der Waals surface area contributed by atoms with Gasteiger partial charge in [-0.2, -0.15) is 0 Å². The monoisotopic (exact) mass is 268 g/mol. The van der Waals surface area contributed by atoms with E-state index in [0.29, 0.717) is 12.3 Å². The van der Waals surface area contributed by atoms with E-state index in [4.69, 9.17) is 5.73 Å². The Morgan fingerprint density at radius 1 is 1.32 bits per heavy atom. The van der Waals surface area contributed by atoms with Crippen molar-refractivity contribution in [1.82, 2.24) is 4.90 Å². The highest BCUT2D eigenvalue weighted by Crippen LogP contribution is 2.40. The molecule has 3 unspecified atom stereocenters. The van der Waals surface area contributed by atoms with Gasteiger partial charge in [-0.25, -0.2) is 4.79 Å². The van der Waals surface area contributed by atoms with Gasteiger partial charge in [-0.1, -0.05) is 12.8 Å². The van der Waals surface area contributed by atoms with Gasteiger partial charge in [0.25, 0.3) is 0 Å². The zero-order chi connectivity index (χ0) is 14.2. The molecule has 0 bridgehead atoms. The van der Waals surface area contributed by atoms with Crippen molar-refractivity contribution in [3.8, 4) is 0 Å². The third-order valence-electron chi connectivity index (χ3n) is 4.27. The van der Waals surface area contributed by atoms with Crippen LogP contribution in [0.5, 0.6) is 0 Å². The normalized spacial score (nSPS) is 31.1. The summed E-state index contributed by atoms with van der Waals surface area (Å²) < 4.78 is 0. The Morgan fingerprint density at radius 3 is 2.53 bits per heavy atom. The Balaban J connectivity index is 2.17. The molecule has 1 aliphatic heterocycles. The van der Waals surface area contributed by atoms with Crippen molar-refractivity contribution in [2.45, 2.75) is 70.0 Å². The molecule has 2 rings (SSSR count). The van der Waals surface area contributed by atoms with Crippen LogP contribution in [-0.2, 0) is 9.59 Å². The van der Waals surface area contributed by atoms with Gasteiger partial charge < -0.3 is 15.7 Å². The van der Waals surface area contributed by atoms with Gasteiger partial charge in [0.05, 0.1) is 0 Å². The van der Waals surface area contributed by atoms with Crippen molar-refractivity contribution in [3.63, 3.8) is 0 Å². The van der Waals surface area contributed by atoms with Crippen LogP contribution in [0.1, 0.15) is 52.4 Å². The number of amides is 1. The van der Waals surface area contributed by atoms with Gasteiger partial charge in [-0.3, -0.25) is 4.79 Å². The van der Waals surface area contributed by atoms with Crippen LogP contribution in [0.15, 0.2) is 0 Å². The first-order valence-corrected chi connectivity index (χ1v) is 7.12. The SMILES string of the molecule is CC(C)(N)CC(=O)N1C(C(=O)O)CC2CCCCC21. The van der Waals surface area contributed by atoms with Crippen LogP contribution in [0.3, 0.4) is 0 Å². The van der Waals surface area contributed by atoms with Crippen LogP contribution in [0.2, 0.25) is 0 Å². The van der Waals surface area contributed by atoms with E-state index in [9.17, 15) is 14.7 Å². The summed E-state index contributed by atoms with van der Waals surface area (Å²) in [5, 5.41) is 9.35. The summed E-state index contributed by atoms with van der Waals surface area (Å²) in [7, 11) is 0. The molecule has 1 saturated carbocycles. The van der Waals surface area contributed by atoms with Gasteiger partial charge in [0.1, 0.15) is 6.04 Å². The lowest BCUT2D eigenvalue weighted by Crippen LogP contribution is -2.49. The molecule has 0 radical (unpaired) electrons. The molecule has 0 aromatic carbocycles. The second kappa shape index (κ2) is 5.12. The highest BCUT2D eigenvalue weighted by atomic mass is 16.4. The quantitative estimate of drug-likeness (QED) is 0.809. The molecule has 2 fully saturated rings. The van der Waals surface area contributed by atoms with Crippen molar-refractivity contribution >= 4 is 11.9 Å². The highest BCUT2D eigenvalue weighted by molar-refractivity contribution is 5.85. The summed E-state index contributed by atoms with van der Waals surface area (Å²) in [6.45, 7) is 3.60. The molecule has 1 saturated heterocycles. The maximum atomic E-state index is 12.4. The number of hydrogen-bond acceptors (Lipinski definition) is 3. The Bertz CT molecular complexity index is 375. The molecule has 0 aromatic heterocycles. The summed E-state index contributed by atoms with van der Waals surface area (Å²) >= 11 is 0. The number of carbonyl (C=O) groups is 2. The number of carboxylic acid groups (broad SMARTS) is 1. The fraction of sp³-hybridized carbons (Fsp3) is 0.857. The fourth-order valence-electron chi connectivity index (χ4n) is 3.52. The Labute approximate surface area is 114 Å². The molecule has 3 N–H and O–H groups in total. The zero-order valence-electron chi connectivity index (χ0n) is 11.8. The van der Waals surface area contributed by atoms with Crippen LogP contribution >= 0.6 is 0 Å². The summed E-state index contributed by atoms with van der Waals surface area (Å²) in [5.74, 6) is -0.619. The molecule has 0 spiro atoms. The first-order valence-electron chi connectivity index (χ1n) is 7.12. The van der Waals surface area contributed by atoms with Crippen LogP contribution in [0.4, 0.5) is 0 Å². The number of aliphatic carboxylic acids is 1. The van der Waals surface area contributed by atoms with Crippen molar-refractivity contribution in [2.24, 2.45) is 11.7 Å². The number of likely N-dealkylation sites (tertiary alicyclic amines) is 1. The first kappa shape index (κ1) is 14.3. The van der Waals surface area contributed by atoms with Crippen molar-refractivity contribution in [2.75, 3.05) is 0 Å². The van der Waals surface area contributed by atoms with Gasteiger partial charge in [0, 0.05) is 18.0 Å². The fourth-order valence-corrected chi connectivity index (χ4v) is 3.52. The summed E-state index contributed by atoms with van der Waals surface area (Å²) in [6, 6.07) is -0.535. The predicted octanol–water partition coefficient (Wildman–Crippen LogP) is 1.36. The minimum absolute atomic E-state index is 0.103. The van der Waals surface area contributed by atoms with Gasteiger partial charge in [-0.05, 0) is 39.0 Å². The van der Waals surface area contributed by atoms with Gasteiger partial charge in [-0.15, -0.1) is 0 Å². The average Bonchev–Trinajstić information content (AvgIpc) is 2.65. The molecule has 1 amide bonds. The van der Waals surface area contributed by atoms with E-state index in [2.05, 4.69) is 0 Å². The minimum atomic E-state index is -0.877. The standard InChI is InChI=1S/C14H24N2O3/c1-14(2,15)8-12(17)16-10-6-4-3-5-9(10)7-11(16)13(18)19/h9-11H,3-8,15H2,1-2H3,(H,18,19). The molecule has 5 nitrogen and oxygen atoms in total. The Kier molecular flexibility index (Phi) is 3.85. The summed E-state index contributed by atoms with van der Waals surface area (Å²) in [4.78, 5) is 25.4. The molecule has 1 aliphatic carbocycles. The van der Waals surface area contributed by atoms with Crippen molar-refractivity contribution in [3.05, 3.63) is 0 Å². The maximum absolute atomic E-state index is 12.4. The second-order valence-corrected chi connectivity index (χ2v) is 6.67. The molecule has 5 heteroatoms. The average molecular weight is 268 g/mol. The smallest absolute Gasteiger partial charge is 0.326 e. The molecular weight excluding hydrogens is 244 g/mol. The lowest BCUT2D eigenvalue weighted by molar-refractivity contribution is -0.150. The van der Waals surface area contributed by atoms with Crippen LogP contribution in [0, 0.1) is 5.92 Å². The van der Waals surface area contributed by atoms with E-state index in [-0.39, 0.29) is 18.4 Å². The zero-order valence-corrected chi connectivity index (χ0v) is 11.8. The van der Waals surface area contributed by atoms with E-state index >= 15 is 0 Å². The number of nitrogens with two attached hydrogens (primary N) is 1. The van der Waals surface area contributed by atoms with E-state index in [1.54, 1.807) is 18.7 Å². The molecular formula is C14H24N2O3. The number of carbonyl (C=O) groups excluding carboxylic acids is 1. The third-order valence-corrected chi connectivity index (χ3v) is 4.27. The van der Waals surface area contributed by atoms with Gasteiger partial charge >= 0.3 is 5.97 Å². The topological polar surface area (TPSA) is 83.6 Å². The van der Waals surface area contributed by atoms with Crippen LogP contribution < -0.4 is 5.73 Å². The third kappa shape index (κ3) is 3.08. The lowest BCUT2D eigenvalue weighted by Gasteiger charge is -2.34. The number of nitrogens with zero attached hydrogens (tertiary/aromatic N) is 1. The van der Waals surface area contributed by atoms with E-state index in [0.717, 1.165) is 25.7 Å². The predicted molar refractivity (Wildman–Crippen MR) is 71.5 cm³/mol. The molecule has 2 aliphatic rings. The lowest BCUT2D eigenvalue weighted by atomic mass is 9.84. The first-order chi connectivity index (χ1) is 8.79. The Hall–Kier alpha value is -1.10. The second-order valence-electron chi connectivity index (χ2n) is 6.67. The number of rotatable bonds is 3. The summed E-state index contributed by atoms with van der Waals surface area (Å²) in [5.41, 5.74) is 5.31. The Morgan fingerprint density at radius 2 is 1.95 bits per heavy atom. The van der Waals surface area contributed by atoms with Crippen molar-refractivity contribution in [1.29, 1.82) is 0 Å². The number of hydrogen-bond donors (Lipinski definition) is 2. The molecule has 3 atom stereocenters. The molecule has 19 heavy (non-hydrogen) atoms. The van der Waals surface area contributed by atoms with Gasteiger partial charge in [0.15, 0.2) is 0 Å². The molecule has 1 heterocycles. The van der Waals surface area contributed by atoms with Crippen molar-refractivity contribution < 1.29 is 14.7 Å². The van der Waals surface area contributed by atoms with E-state index in [1.807, 2.05) is 0 Å².